The predicted octanol–water partition coefficient (Wildman–Crippen LogP) is 0.411. The zero-order valence-electron chi connectivity index (χ0n) is 10.4. The van der Waals surface area contributed by atoms with Crippen molar-refractivity contribution in [3.05, 3.63) is 39.4 Å². The Hall–Kier alpha value is -1.83. The molecule has 2 unspecified atom stereocenters. The van der Waals surface area contributed by atoms with Crippen LogP contribution in [0, 0.1) is 10.1 Å². The molecule has 0 saturated heterocycles. The average molecular weight is 268 g/mol. The second kappa shape index (κ2) is 6.93. The molecule has 0 amide bonds. The van der Waals surface area contributed by atoms with Crippen LogP contribution in [-0.4, -0.2) is 41.1 Å². The van der Waals surface area contributed by atoms with Crippen LogP contribution in [0.15, 0.2) is 18.2 Å². The number of aliphatic hydroxyl groups is 2. The van der Waals surface area contributed by atoms with Gasteiger partial charge in [-0.2, -0.15) is 0 Å². The third kappa shape index (κ3) is 3.82. The first kappa shape index (κ1) is 15.2. The van der Waals surface area contributed by atoms with Gasteiger partial charge in [-0.3, -0.25) is 14.9 Å². The topological polar surface area (TPSA) is 113 Å². The van der Waals surface area contributed by atoms with Crippen molar-refractivity contribution in [2.75, 3.05) is 13.6 Å². The van der Waals surface area contributed by atoms with E-state index in [4.69, 9.17) is 0 Å². The Kier molecular flexibility index (Phi) is 5.56. The predicted molar refractivity (Wildman–Crippen MR) is 68.0 cm³/mol. The Morgan fingerprint density at radius 1 is 1.47 bits per heavy atom. The zero-order valence-corrected chi connectivity index (χ0v) is 10.4. The highest BCUT2D eigenvalue weighted by molar-refractivity contribution is 5.76. The number of nitrogens with zero attached hydrogens (tertiary/aromatic N) is 1. The summed E-state index contributed by atoms with van der Waals surface area (Å²) in [6.07, 6.45) is -1.74. The van der Waals surface area contributed by atoms with Crippen molar-refractivity contribution in [2.45, 2.75) is 18.6 Å². The Labute approximate surface area is 110 Å². The molecule has 7 heteroatoms. The summed E-state index contributed by atoms with van der Waals surface area (Å²) in [4.78, 5) is 20.8. The van der Waals surface area contributed by atoms with Crippen molar-refractivity contribution in [1.82, 2.24) is 5.32 Å². The van der Waals surface area contributed by atoms with Crippen LogP contribution in [-0.2, 0) is 0 Å². The summed E-state index contributed by atoms with van der Waals surface area (Å²) in [6.45, 7) is 0.471. The van der Waals surface area contributed by atoms with Gasteiger partial charge in [-0.15, -0.1) is 0 Å². The van der Waals surface area contributed by atoms with Crippen molar-refractivity contribution in [3.8, 4) is 0 Å². The van der Waals surface area contributed by atoms with E-state index in [1.165, 1.54) is 12.1 Å². The Balaban J connectivity index is 3.04. The number of rotatable bonds is 7. The van der Waals surface area contributed by atoms with Crippen LogP contribution in [0.5, 0.6) is 0 Å². The van der Waals surface area contributed by atoms with Gasteiger partial charge in [-0.1, -0.05) is 6.07 Å². The van der Waals surface area contributed by atoms with Gasteiger partial charge in [0.2, 0.25) is 0 Å². The summed E-state index contributed by atoms with van der Waals surface area (Å²) < 4.78 is 0. The second-order valence-electron chi connectivity index (χ2n) is 4.10. The molecule has 2 atom stereocenters. The largest absolute Gasteiger partial charge is 0.390 e. The number of nitrogens with one attached hydrogen (secondary N) is 1. The number of nitro benzene ring substituents is 1. The third-order valence-electron chi connectivity index (χ3n) is 2.76. The number of aliphatic hydroxyl groups excluding tert-OH is 2. The summed E-state index contributed by atoms with van der Waals surface area (Å²) in [6, 6.07) is 3.73. The van der Waals surface area contributed by atoms with Crippen LogP contribution in [0.1, 0.15) is 28.4 Å². The molecule has 0 bridgehead atoms. The lowest BCUT2D eigenvalue weighted by Gasteiger charge is -2.18. The van der Waals surface area contributed by atoms with Crippen molar-refractivity contribution in [1.29, 1.82) is 0 Å². The molecule has 19 heavy (non-hydrogen) atoms. The van der Waals surface area contributed by atoms with Gasteiger partial charge >= 0.3 is 0 Å². The fourth-order valence-corrected chi connectivity index (χ4v) is 1.70. The maximum Gasteiger partial charge on any atom is 0.276 e. The lowest BCUT2D eigenvalue weighted by molar-refractivity contribution is -0.386. The van der Waals surface area contributed by atoms with Gasteiger partial charge in [0, 0.05) is 11.6 Å². The summed E-state index contributed by atoms with van der Waals surface area (Å²) in [5.74, 6) is 0. The zero-order chi connectivity index (χ0) is 14.4. The number of carbonyl (C=O) groups is 1. The first-order valence-corrected chi connectivity index (χ1v) is 5.75. The van der Waals surface area contributed by atoms with Crippen molar-refractivity contribution in [2.24, 2.45) is 0 Å². The fourth-order valence-electron chi connectivity index (χ4n) is 1.70. The van der Waals surface area contributed by atoms with Gasteiger partial charge in [-0.25, -0.2) is 0 Å². The van der Waals surface area contributed by atoms with Crippen LogP contribution in [0.2, 0.25) is 0 Å². The van der Waals surface area contributed by atoms with Gasteiger partial charge < -0.3 is 15.5 Å². The molecular formula is C12H16N2O5. The molecule has 0 aliphatic carbocycles. The molecule has 0 spiro atoms. The van der Waals surface area contributed by atoms with E-state index in [2.05, 4.69) is 5.32 Å². The molecule has 0 fully saturated rings. The quantitative estimate of drug-likeness (QED) is 0.375. The first-order valence-electron chi connectivity index (χ1n) is 5.75. The normalized spacial score (nSPS) is 13.8. The Bertz CT molecular complexity index is 463. The highest BCUT2D eigenvalue weighted by atomic mass is 16.6. The summed E-state index contributed by atoms with van der Waals surface area (Å²) in [7, 11) is 1.69. The van der Waals surface area contributed by atoms with Crippen molar-refractivity contribution >= 4 is 12.0 Å². The maximum atomic E-state index is 10.9. The molecule has 3 N–H and O–H groups in total. The van der Waals surface area contributed by atoms with E-state index < -0.39 is 17.1 Å². The highest BCUT2D eigenvalue weighted by Gasteiger charge is 2.26. The lowest BCUT2D eigenvalue weighted by Crippen LogP contribution is -2.24. The second-order valence-corrected chi connectivity index (χ2v) is 4.10. The molecule has 0 aliphatic rings. The van der Waals surface area contributed by atoms with Gasteiger partial charge in [0.25, 0.3) is 5.69 Å². The summed E-state index contributed by atoms with van der Waals surface area (Å²) >= 11 is 0. The fraction of sp³-hybridized carbons (Fsp3) is 0.417. The standard InChI is InChI=1S/C12H16N2O5/c1-13-5-4-11(16)12(17)9-3-2-8(7-15)6-10(9)14(18)19/h2-3,6-7,11-13,16-17H,4-5H2,1H3. The molecule has 0 aliphatic heterocycles. The van der Waals surface area contributed by atoms with E-state index in [1.807, 2.05) is 0 Å². The van der Waals surface area contributed by atoms with E-state index >= 15 is 0 Å². The number of aldehydes is 1. The third-order valence-corrected chi connectivity index (χ3v) is 2.76. The molecular weight excluding hydrogens is 252 g/mol. The van der Waals surface area contributed by atoms with E-state index in [9.17, 15) is 25.1 Å². The maximum absolute atomic E-state index is 10.9. The van der Waals surface area contributed by atoms with Crippen LogP contribution >= 0.6 is 0 Å². The smallest absolute Gasteiger partial charge is 0.276 e. The van der Waals surface area contributed by atoms with Gasteiger partial charge in [0.1, 0.15) is 12.4 Å². The minimum atomic E-state index is -1.37. The monoisotopic (exact) mass is 268 g/mol. The summed E-state index contributed by atoms with van der Waals surface area (Å²) in [5, 5.41) is 33.4. The van der Waals surface area contributed by atoms with E-state index in [0.717, 1.165) is 6.07 Å². The van der Waals surface area contributed by atoms with Crippen molar-refractivity contribution < 1.29 is 19.9 Å². The number of benzene rings is 1. The minimum Gasteiger partial charge on any atom is -0.390 e. The highest BCUT2D eigenvalue weighted by Crippen LogP contribution is 2.28. The molecule has 104 valence electrons. The van der Waals surface area contributed by atoms with Gasteiger partial charge in [0.15, 0.2) is 0 Å². The van der Waals surface area contributed by atoms with Crippen LogP contribution < -0.4 is 5.32 Å². The number of hydrogen-bond acceptors (Lipinski definition) is 6. The van der Waals surface area contributed by atoms with Crippen molar-refractivity contribution in [3.63, 3.8) is 0 Å². The van der Waals surface area contributed by atoms with E-state index in [-0.39, 0.29) is 23.2 Å². The molecule has 7 nitrogen and oxygen atoms in total. The summed E-state index contributed by atoms with van der Waals surface area (Å²) in [5.41, 5.74) is -0.229. The van der Waals surface area contributed by atoms with E-state index in [0.29, 0.717) is 12.8 Å². The molecule has 0 aromatic heterocycles. The van der Waals surface area contributed by atoms with Gasteiger partial charge in [0.05, 0.1) is 16.6 Å². The SMILES string of the molecule is CNCCC(O)C(O)c1ccc(C=O)cc1[N+](=O)[O-]. The van der Waals surface area contributed by atoms with Gasteiger partial charge in [-0.05, 0) is 26.1 Å². The molecule has 1 aromatic carbocycles. The Morgan fingerprint density at radius 2 is 2.16 bits per heavy atom. The molecule has 0 heterocycles. The van der Waals surface area contributed by atoms with Crippen LogP contribution in [0.25, 0.3) is 0 Å². The Morgan fingerprint density at radius 3 is 2.68 bits per heavy atom. The van der Waals surface area contributed by atoms with Crippen LogP contribution in [0.3, 0.4) is 0 Å². The van der Waals surface area contributed by atoms with E-state index in [1.54, 1.807) is 7.05 Å². The average Bonchev–Trinajstić information content (AvgIpc) is 2.43. The molecule has 1 rings (SSSR count). The number of carbonyl (C=O) groups excluding carboxylic acids is 1. The minimum absolute atomic E-state index is 0.000738. The molecule has 0 radical (unpaired) electrons. The van der Waals surface area contributed by atoms with Crippen LogP contribution in [0.4, 0.5) is 5.69 Å². The molecule has 1 aromatic rings. The number of hydrogen-bond donors (Lipinski definition) is 3. The first-order chi connectivity index (χ1) is 9.01. The number of nitro groups is 1. The molecule has 0 saturated carbocycles. The lowest BCUT2D eigenvalue weighted by atomic mass is 9.99.